The molecule has 0 N–H and O–H groups in total. The molecule has 0 unspecified atom stereocenters. The molecule has 1 saturated heterocycles. The van der Waals surface area contributed by atoms with Crippen molar-refractivity contribution in [2.24, 2.45) is 16.8 Å². The smallest absolute Gasteiger partial charge is 0.331 e. The molecule has 1 aromatic rings. The van der Waals surface area contributed by atoms with Crippen molar-refractivity contribution in [3.63, 3.8) is 0 Å². The summed E-state index contributed by atoms with van der Waals surface area (Å²) in [5.41, 5.74) is 0.513. The lowest BCUT2D eigenvalue weighted by molar-refractivity contribution is -0.145. The van der Waals surface area contributed by atoms with E-state index in [1.54, 1.807) is 24.3 Å². The molecule has 2 aliphatic heterocycles. The van der Waals surface area contributed by atoms with Gasteiger partial charge in [0, 0.05) is 5.25 Å². The zero-order valence-electron chi connectivity index (χ0n) is 13.6. The minimum Gasteiger partial charge on any atom is -0.467 e. The second-order valence-electron chi connectivity index (χ2n) is 5.95. The highest BCUT2D eigenvalue weighted by molar-refractivity contribution is 8.14. The summed E-state index contributed by atoms with van der Waals surface area (Å²) in [5.74, 6) is -2.81. The first-order valence-electron chi connectivity index (χ1n) is 7.70. The van der Waals surface area contributed by atoms with Crippen LogP contribution in [-0.2, 0) is 19.1 Å². The van der Waals surface area contributed by atoms with Crippen LogP contribution in [0, 0.1) is 11.8 Å². The molecule has 0 radical (unpaired) electrons. The quantitative estimate of drug-likeness (QED) is 0.617. The van der Waals surface area contributed by atoms with Crippen LogP contribution >= 0.6 is 11.8 Å². The molecule has 6 nitrogen and oxygen atoms in total. The summed E-state index contributed by atoms with van der Waals surface area (Å²) in [6.07, 6.45) is 0. The zero-order valence-corrected chi connectivity index (χ0v) is 14.4. The summed E-state index contributed by atoms with van der Waals surface area (Å²) >= 11 is 1.42. The number of nitrogens with zero attached hydrogens (tertiary/aromatic N) is 2. The molecule has 1 fully saturated rings. The number of methoxy groups -OCH3 is 1. The van der Waals surface area contributed by atoms with Crippen LogP contribution in [0.3, 0.4) is 0 Å². The van der Waals surface area contributed by atoms with Crippen LogP contribution in [0.25, 0.3) is 0 Å². The molecule has 1 aromatic carbocycles. The second kappa shape index (κ2) is 6.39. The maximum Gasteiger partial charge on any atom is 0.331 e. The highest BCUT2D eigenvalue weighted by Gasteiger charge is 2.59. The van der Waals surface area contributed by atoms with Gasteiger partial charge in [0.1, 0.15) is 5.92 Å². The molecular formula is C17H18N2O4S. The van der Waals surface area contributed by atoms with Gasteiger partial charge in [-0.1, -0.05) is 32.0 Å². The monoisotopic (exact) mass is 346 g/mol. The minimum absolute atomic E-state index is 0.189. The van der Waals surface area contributed by atoms with Crippen molar-refractivity contribution in [1.82, 2.24) is 0 Å². The lowest BCUT2D eigenvalue weighted by Gasteiger charge is -2.17. The Morgan fingerprint density at radius 2 is 1.88 bits per heavy atom. The third-order valence-electron chi connectivity index (χ3n) is 4.04. The number of thioether (sulfide) groups is 1. The van der Waals surface area contributed by atoms with Gasteiger partial charge in [-0.3, -0.25) is 14.6 Å². The summed E-state index contributed by atoms with van der Waals surface area (Å²) in [6.45, 7) is 3.95. The molecule has 0 bridgehead atoms. The average molecular weight is 346 g/mol. The molecule has 3 rings (SSSR count). The first-order chi connectivity index (χ1) is 11.5. The third-order valence-corrected chi connectivity index (χ3v) is 5.11. The Labute approximate surface area is 144 Å². The molecule has 7 heteroatoms. The zero-order chi connectivity index (χ0) is 17.4. The number of para-hydroxylation sites is 1. The van der Waals surface area contributed by atoms with Crippen molar-refractivity contribution in [2.75, 3.05) is 12.0 Å². The fourth-order valence-corrected chi connectivity index (χ4v) is 4.12. The molecule has 2 aliphatic rings. The summed E-state index contributed by atoms with van der Waals surface area (Å²) in [5, 5.41) is 0.733. The van der Waals surface area contributed by atoms with E-state index in [-0.39, 0.29) is 11.2 Å². The van der Waals surface area contributed by atoms with Gasteiger partial charge in [0.2, 0.25) is 11.8 Å². The Balaban J connectivity index is 2.01. The number of ether oxygens (including phenoxy) is 1. The van der Waals surface area contributed by atoms with E-state index in [1.807, 2.05) is 19.9 Å². The molecule has 0 spiro atoms. The van der Waals surface area contributed by atoms with E-state index >= 15 is 0 Å². The number of hydrogen-bond acceptors (Lipinski definition) is 6. The molecule has 126 valence electrons. The van der Waals surface area contributed by atoms with Gasteiger partial charge in [0.15, 0.2) is 6.04 Å². The Kier molecular flexibility index (Phi) is 4.45. The molecular weight excluding hydrogens is 328 g/mol. The van der Waals surface area contributed by atoms with E-state index in [2.05, 4.69) is 4.99 Å². The number of benzene rings is 1. The van der Waals surface area contributed by atoms with Crippen LogP contribution in [-0.4, -0.2) is 41.2 Å². The standard InChI is InChI=1S/C17H18N2O4S/c1-9(2)24-14-12-11(13(18-14)17(22)23-3)15(20)19(16(12)21)10-7-5-4-6-8-10/h4-9,11-13H,1-3H3/t11-,12+,13-/m1/s1. The highest BCUT2D eigenvalue weighted by Crippen LogP contribution is 2.42. The van der Waals surface area contributed by atoms with E-state index in [0.29, 0.717) is 10.7 Å². The average Bonchev–Trinajstić information content (AvgIpc) is 3.05. The normalized spacial score (nSPS) is 25.9. The molecule has 24 heavy (non-hydrogen) atoms. The van der Waals surface area contributed by atoms with E-state index in [1.165, 1.54) is 23.8 Å². The van der Waals surface area contributed by atoms with Crippen molar-refractivity contribution in [2.45, 2.75) is 25.1 Å². The number of amides is 2. The Morgan fingerprint density at radius 1 is 1.21 bits per heavy atom. The van der Waals surface area contributed by atoms with Crippen molar-refractivity contribution in [1.29, 1.82) is 0 Å². The van der Waals surface area contributed by atoms with Gasteiger partial charge in [-0.05, 0) is 12.1 Å². The highest BCUT2D eigenvalue weighted by atomic mass is 32.2. The van der Waals surface area contributed by atoms with E-state index in [4.69, 9.17) is 4.74 Å². The lowest BCUT2D eigenvalue weighted by Crippen LogP contribution is -2.36. The van der Waals surface area contributed by atoms with Crippen molar-refractivity contribution in [3.8, 4) is 0 Å². The Morgan fingerprint density at radius 3 is 2.46 bits per heavy atom. The van der Waals surface area contributed by atoms with Crippen molar-refractivity contribution >= 4 is 40.3 Å². The number of rotatable bonds is 3. The summed E-state index contributed by atoms with van der Waals surface area (Å²) < 4.78 is 4.78. The van der Waals surface area contributed by atoms with Crippen LogP contribution in [0.1, 0.15) is 13.8 Å². The number of anilines is 1. The van der Waals surface area contributed by atoms with E-state index in [0.717, 1.165) is 0 Å². The fourth-order valence-electron chi connectivity index (χ4n) is 3.06. The summed E-state index contributed by atoms with van der Waals surface area (Å²) in [4.78, 5) is 43.4. The van der Waals surface area contributed by atoms with Gasteiger partial charge in [-0.2, -0.15) is 0 Å². The van der Waals surface area contributed by atoms with Crippen molar-refractivity contribution in [3.05, 3.63) is 30.3 Å². The molecule has 3 atom stereocenters. The number of hydrogen-bond donors (Lipinski definition) is 0. The van der Waals surface area contributed by atoms with Gasteiger partial charge in [0.25, 0.3) is 0 Å². The number of imide groups is 1. The summed E-state index contributed by atoms with van der Waals surface area (Å²) in [6, 6.07) is 7.80. The predicted octanol–water partition coefficient (Wildman–Crippen LogP) is 1.89. The van der Waals surface area contributed by atoms with Gasteiger partial charge in [-0.25, -0.2) is 9.69 Å². The van der Waals surface area contributed by atoms with Crippen LogP contribution in [0.5, 0.6) is 0 Å². The first kappa shape index (κ1) is 16.7. The number of aliphatic imine (C=N–C) groups is 1. The summed E-state index contributed by atoms with van der Waals surface area (Å²) in [7, 11) is 1.26. The maximum atomic E-state index is 12.9. The minimum atomic E-state index is -0.952. The second-order valence-corrected chi connectivity index (χ2v) is 7.55. The van der Waals surface area contributed by atoms with E-state index in [9.17, 15) is 14.4 Å². The topological polar surface area (TPSA) is 76.0 Å². The Bertz CT molecular complexity index is 717. The predicted molar refractivity (Wildman–Crippen MR) is 91.9 cm³/mol. The van der Waals surface area contributed by atoms with E-state index < -0.39 is 29.8 Å². The molecule has 0 aliphatic carbocycles. The SMILES string of the molecule is COC(=O)[C@@H]1N=C(SC(C)C)[C@H]2C(=O)N(c3ccccc3)C(=O)[C@H]21. The number of esters is 1. The first-order valence-corrected chi connectivity index (χ1v) is 8.58. The van der Waals surface area contributed by atoms with Crippen LogP contribution in [0.2, 0.25) is 0 Å². The van der Waals surface area contributed by atoms with Crippen LogP contribution in [0.15, 0.2) is 35.3 Å². The fraction of sp³-hybridized carbons (Fsp3) is 0.412. The van der Waals surface area contributed by atoms with Crippen molar-refractivity contribution < 1.29 is 19.1 Å². The lowest BCUT2D eigenvalue weighted by atomic mass is 9.92. The van der Waals surface area contributed by atoms with Crippen LogP contribution < -0.4 is 4.90 Å². The number of fused-ring (bicyclic) bond motifs is 1. The largest absolute Gasteiger partial charge is 0.467 e. The maximum absolute atomic E-state index is 12.9. The Hall–Kier alpha value is -2.15. The molecule has 2 heterocycles. The van der Waals surface area contributed by atoms with Gasteiger partial charge >= 0.3 is 5.97 Å². The number of carbonyl (C=O) groups is 3. The molecule has 0 aromatic heterocycles. The molecule has 2 amide bonds. The van der Waals surface area contributed by atoms with Crippen LogP contribution in [0.4, 0.5) is 5.69 Å². The van der Waals surface area contributed by atoms with Gasteiger partial charge in [0.05, 0.1) is 23.8 Å². The molecule has 0 saturated carbocycles. The van der Waals surface area contributed by atoms with Gasteiger partial charge < -0.3 is 4.74 Å². The van der Waals surface area contributed by atoms with Gasteiger partial charge in [-0.15, -0.1) is 11.8 Å². The third kappa shape index (κ3) is 2.62. The number of carbonyl (C=O) groups excluding carboxylic acids is 3.